The van der Waals surface area contributed by atoms with Gasteiger partial charge in [-0.25, -0.2) is 0 Å². The number of hydrogen-bond acceptors (Lipinski definition) is 2. The van der Waals surface area contributed by atoms with Gasteiger partial charge in [0.25, 0.3) is 0 Å². The molecule has 0 radical (unpaired) electrons. The van der Waals surface area contributed by atoms with Crippen molar-refractivity contribution in [1.82, 2.24) is 0 Å². The highest BCUT2D eigenvalue weighted by Gasteiger charge is 2.42. The molecule has 2 nitrogen and oxygen atoms in total. The Bertz CT molecular complexity index is 552. The zero-order chi connectivity index (χ0) is 12.1. The third-order valence-corrected chi connectivity index (χ3v) is 3.91. The molecule has 2 bridgehead atoms. The standard InChI is InChI=1S/C16H14O2/c1-10-15-11-6-2-4-8-13(11)17-16(10)12-7-3-5-9-14(12)18-15/h2-10,15-16H,1H3/t15-,16-/m0/s1. The van der Waals surface area contributed by atoms with Crippen molar-refractivity contribution in [2.24, 2.45) is 5.92 Å². The summed E-state index contributed by atoms with van der Waals surface area (Å²) in [4.78, 5) is 0. The van der Waals surface area contributed by atoms with E-state index in [1.807, 2.05) is 36.4 Å². The molecule has 18 heavy (non-hydrogen) atoms. The minimum atomic E-state index is 0.106. The van der Waals surface area contributed by atoms with Crippen LogP contribution >= 0.6 is 0 Å². The van der Waals surface area contributed by atoms with Gasteiger partial charge in [0.1, 0.15) is 23.7 Å². The molecule has 2 aliphatic rings. The van der Waals surface area contributed by atoms with E-state index in [4.69, 9.17) is 9.47 Å². The van der Waals surface area contributed by atoms with Crippen molar-refractivity contribution in [3.05, 3.63) is 59.7 Å². The number of para-hydroxylation sites is 2. The summed E-state index contributed by atoms with van der Waals surface area (Å²) in [5, 5.41) is 0. The lowest BCUT2D eigenvalue weighted by Gasteiger charge is -2.42. The van der Waals surface area contributed by atoms with Crippen molar-refractivity contribution < 1.29 is 9.47 Å². The van der Waals surface area contributed by atoms with Crippen LogP contribution in [0.2, 0.25) is 0 Å². The minimum Gasteiger partial charge on any atom is -0.485 e. The summed E-state index contributed by atoms with van der Waals surface area (Å²) < 4.78 is 12.3. The van der Waals surface area contributed by atoms with Gasteiger partial charge < -0.3 is 9.47 Å². The van der Waals surface area contributed by atoms with Gasteiger partial charge >= 0.3 is 0 Å². The van der Waals surface area contributed by atoms with Crippen LogP contribution in [0.1, 0.15) is 30.3 Å². The molecule has 0 N–H and O–H groups in total. The van der Waals surface area contributed by atoms with Crippen molar-refractivity contribution in [1.29, 1.82) is 0 Å². The van der Waals surface area contributed by atoms with Crippen LogP contribution in [-0.4, -0.2) is 0 Å². The summed E-state index contributed by atoms with van der Waals surface area (Å²) in [6, 6.07) is 16.4. The van der Waals surface area contributed by atoms with Crippen molar-refractivity contribution >= 4 is 0 Å². The molecule has 0 fully saturated rings. The Balaban J connectivity index is 1.90. The second-order valence-electron chi connectivity index (χ2n) is 5.01. The van der Waals surface area contributed by atoms with E-state index < -0.39 is 0 Å². The lowest BCUT2D eigenvalue weighted by molar-refractivity contribution is -0.00277. The Morgan fingerprint density at radius 1 is 0.722 bits per heavy atom. The summed E-state index contributed by atoms with van der Waals surface area (Å²) in [5.41, 5.74) is 2.33. The maximum absolute atomic E-state index is 6.16. The average Bonchev–Trinajstić information content (AvgIpc) is 2.40. The zero-order valence-electron chi connectivity index (χ0n) is 10.2. The first-order valence-electron chi connectivity index (χ1n) is 6.36. The fraction of sp³-hybridized carbons (Fsp3) is 0.250. The fourth-order valence-electron chi connectivity index (χ4n) is 2.99. The van der Waals surface area contributed by atoms with Gasteiger partial charge in [0, 0.05) is 17.0 Å². The molecule has 0 amide bonds. The third-order valence-electron chi connectivity index (χ3n) is 3.91. The fourth-order valence-corrected chi connectivity index (χ4v) is 2.99. The second-order valence-corrected chi connectivity index (χ2v) is 5.01. The summed E-state index contributed by atoms with van der Waals surface area (Å²) in [6.07, 6.45) is 0.213. The molecule has 2 aromatic rings. The molecule has 0 aromatic heterocycles. The number of fused-ring (bicyclic) bond motifs is 6. The molecular formula is C16H14O2. The van der Waals surface area contributed by atoms with E-state index in [1.165, 1.54) is 0 Å². The van der Waals surface area contributed by atoms with Crippen LogP contribution < -0.4 is 9.47 Å². The highest BCUT2D eigenvalue weighted by molar-refractivity contribution is 5.46. The molecule has 0 saturated carbocycles. The van der Waals surface area contributed by atoms with Gasteiger partial charge in [-0.15, -0.1) is 0 Å². The maximum Gasteiger partial charge on any atom is 0.134 e. The molecule has 0 aliphatic carbocycles. The molecule has 0 saturated heterocycles. The Kier molecular flexibility index (Phi) is 1.95. The topological polar surface area (TPSA) is 18.5 Å². The summed E-state index contributed by atoms with van der Waals surface area (Å²) in [6.45, 7) is 2.20. The van der Waals surface area contributed by atoms with Crippen LogP contribution in [0.15, 0.2) is 48.5 Å². The largest absolute Gasteiger partial charge is 0.485 e. The molecule has 4 rings (SSSR count). The average molecular weight is 238 g/mol. The summed E-state index contributed by atoms with van der Waals surface area (Å²) >= 11 is 0. The molecule has 2 heteroatoms. The van der Waals surface area contributed by atoms with Crippen molar-refractivity contribution in [2.75, 3.05) is 0 Å². The molecule has 2 heterocycles. The van der Waals surface area contributed by atoms with Crippen LogP contribution in [0.4, 0.5) is 0 Å². The predicted octanol–water partition coefficient (Wildman–Crippen LogP) is 3.89. The third kappa shape index (κ3) is 1.23. The molecule has 2 atom stereocenters. The van der Waals surface area contributed by atoms with Crippen molar-refractivity contribution in [3.8, 4) is 11.5 Å². The van der Waals surface area contributed by atoms with E-state index in [0.29, 0.717) is 5.92 Å². The van der Waals surface area contributed by atoms with E-state index in [0.717, 1.165) is 22.6 Å². The van der Waals surface area contributed by atoms with Crippen molar-refractivity contribution in [3.63, 3.8) is 0 Å². The highest BCUT2D eigenvalue weighted by atomic mass is 16.5. The van der Waals surface area contributed by atoms with Crippen LogP contribution in [0.5, 0.6) is 11.5 Å². The van der Waals surface area contributed by atoms with E-state index in [2.05, 4.69) is 19.1 Å². The van der Waals surface area contributed by atoms with Crippen molar-refractivity contribution in [2.45, 2.75) is 19.1 Å². The first-order valence-corrected chi connectivity index (χ1v) is 6.36. The lowest BCUT2D eigenvalue weighted by atomic mass is 9.83. The molecular weight excluding hydrogens is 224 g/mol. The highest BCUT2D eigenvalue weighted by Crippen LogP contribution is 2.52. The van der Waals surface area contributed by atoms with E-state index in [-0.39, 0.29) is 12.2 Å². The van der Waals surface area contributed by atoms with Gasteiger partial charge in [0.05, 0.1) is 0 Å². The Hall–Kier alpha value is -1.96. The predicted molar refractivity (Wildman–Crippen MR) is 68.8 cm³/mol. The maximum atomic E-state index is 6.16. The summed E-state index contributed by atoms with van der Waals surface area (Å²) in [5.74, 6) is 2.26. The first kappa shape index (κ1) is 10.0. The second kappa shape index (κ2) is 3.52. The van der Waals surface area contributed by atoms with Crippen LogP contribution in [0, 0.1) is 5.92 Å². The first-order chi connectivity index (χ1) is 8.84. The molecule has 2 aliphatic heterocycles. The number of hydrogen-bond donors (Lipinski definition) is 0. The molecule has 90 valence electrons. The summed E-state index contributed by atoms with van der Waals surface area (Å²) in [7, 11) is 0. The monoisotopic (exact) mass is 238 g/mol. The molecule has 0 spiro atoms. The lowest BCUT2D eigenvalue weighted by Crippen LogP contribution is -2.35. The van der Waals surface area contributed by atoms with E-state index in [1.54, 1.807) is 0 Å². The normalized spacial score (nSPS) is 27.5. The molecule has 2 aromatic carbocycles. The Morgan fingerprint density at radius 3 is 1.67 bits per heavy atom. The van der Waals surface area contributed by atoms with Gasteiger partial charge in [0.2, 0.25) is 0 Å². The van der Waals surface area contributed by atoms with E-state index >= 15 is 0 Å². The van der Waals surface area contributed by atoms with Gasteiger partial charge in [-0.05, 0) is 12.1 Å². The van der Waals surface area contributed by atoms with Gasteiger partial charge in [-0.1, -0.05) is 43.3 Å². The Morgan fingerprint density at radius 2 is 1.17 bits per heavy atom. The number of rotatable bonds is 0. The quantitative estimate of drug-likeness (QED) is 0.693. The van der Waals surface area contributed by atoms with Gasteiger partial charge in [0.15, 0.2) is 0 Å². The van der Waals surface area contributed by atoms with Gasteiger partial charge in [-0.3, -0.25) is 0 Å². The smallest absolute Gasteiger partial charge is 0.134 e. The van der Waals surface area contributed by atoms with Gasteiger partial charge in [-0.2, -0.15) is 0 Å². The molecule has 0 unspecified atom stereocenters. The Labute approximate surface area is 106 Å². The van der Waals surface area contributed by atoms with Crippen LogP contribution in [-0.2, 0) is 0 Å². The van der Waals surface area contributed by atoms with Crippen LogP contribution in [0.25, 0.3) is 0 Å². The van der Waals surface area contributed by atoms with E-state index in [9.17, 15) is 0 Å². The number of benzene rings is 2. The SMILES string of the molecule is CC1[C@@H]2Oc3ccccc3[C@H]1Oc1ccccc12. The minimum absolute atomic E-state index is 0.106. The zero-order valence-corrected chi connectivity index (χ0v) is 10.2. The van der Waals surface area contributed by atoms with Crippen LogP contribution in [0.3, 0.4) is 0 Å². The number of ether oxygens (including phenoxy) is 2.